The second-order valence-electron chi connectivity index (χ2n) is 4.52. The standard InChI is InChI=1S/C15H23NO3/c1-19-15(18)9-5-6-10-16(11-12-17)13-14-7-3-2-4-8-14/h2-4,7-8,17H,5-6,9-13H2,1H3. The number of unbranched alkanes of at least 4 members (excludes halogenated alkanes) is 1. The quantitative estimate of drug-likeness (QED) is 0.546. The van der Waals surface area contributed by atoms with E-state index in [2.05, 4.69) is 21.8 Å². The molecule has 4 nitrogen and oxygen atoms in total. The maximum Gasteiger partial charge on any atom is 0.305 e. The maximum atomic E-state index is 11.0. The van der Waals surface area contributed by atoms with E-state index in [4.69, 9.17) is 5.11 Å². The van der Waals surface area contributed by atoms with Gasteiger partial charge in [-0.3, -0.25) is 9.69 Å². The summed E-state index contributed by atoms with van der Waals surface area (Å²) in [6.07, 6.45) is 2.22. The first-order valence-electron chi connectivity index (χ1n) is 6.70. The van der Waals surface area contributed by atoms with Crippen LogP contribution in [0, 0.1) is 0 Å². The van der Waals surface area contributed by atoms with E-state index in [1.807, 2.05) is 18.2 Å². The van der Waals surface area contributed by atoms with E-state index in [1.165, 1.54) is 12.7 Å². The first-order chi connectivity index (χ1) is 9.26. The van der Waals surface area contributed by atoms with Crippen LogP contribution in [-0.4, -0.2) is 42.8 Å². The van der Waals surface area contributed by atoms with Crippen molar-refractivity contribution >= 4 is 5.97 Å². The average molecular weight is 265 g/mol. The predicted octanol–water partition coefficient (Wildman–Crippen LogP) is 1.82. The van der Waals surface area contributed by atoms with E-state index in [0.29, 0.717) is 13.0 Å². The molecule has 0 heterocycles. The van der Waals surface area contributed by atoms with E-state index in [9.17, 15) is 4.79 Å². The molecule has 1 N–H and O–H groups in total. The summed E-state index contributed by atoms with van der Waals surface area (Å²) in [6, 6.07) is 10.2. The molecule has 19 heavy (non-hydrogen) atoms. The van der Waals surface area contributed by atoms with Gasteiger partial charge in [-0.2, -0.15) is 0 Å². The summed E-state index contributed by atoms with van der Waals surface area (Å²) in [5, 5.41) is 9.08. The highest BCUT2D eigenvalue weighted by Crippen LogP contribution is 2.06. The lowest BCUT2D eigenvalue weighted by Crippen LogP contribution is -2.27. The molecule has 106 valence electrons. The third-order valence-corrected chi connectivity index (χ3v) is 3.00. The number of esters is 1. The molecule has 0 saturated heterocycles. The molecule has 4 heteroatoms. The number of ether oxygens (including phenoxy) is 1. The minimum atomic E-state index is -0.156. The number of carbonyl (C=O) groups is 1. The van der Waals surface area contributed by atoms with Gasteiger partial charge in [-0.15, -0.1) is 0 Å². The molecule has 1 aromatic carbocycles. The third-order valence-electron chi connectivity index (χ3n) is 3.00. The van der Waals surface area contributed by atoms with Crippen LogP contribution in [0.2, 0.25) is 0 Å². The van der Waals surface area contributed by atoms with Gasteiger partial charge in [0.25, 0.3) is 0 Å². The first kappa shape index (κ1) is 15.7. The summed E-state index contributed by atoms with van der Waals surface area (Å²) in [4.78, 5) is 13.2. The van der Waals surface area contributed by atoms with Crippen LogP contribution in [0.4, 0.5) is 0 Å². The van der Waals surface area contributed by atoms with Gasteiger partial charge in [0.2, 0.25) is 0 Å². The second kappa shape index (κ2) is 9.53. The molecule has 0 saturated carbocycles. The zero-order valence-electron chi connectivity index (χ0n) is 11.5. The summed E-state index contributed by atoms with van der Waals surface area (Å²) in [5.74, 6) is -0.156. The van der Waals surface area contributed by atoms with Gasteiger partial charge in [-0.1, -0.05) is 30.3 Å². The van der Waals surface area contributed by atoms with Crippen molar-refractivity contribution in [3.8, 4) is 0 Å². The number of rotatable bonds is 9. The van der Waals surface area contributed by atoms with Crippen molar-refractivity contribution < 1.29 is 14.6 Å². The molecule has 0 aromatic heterocycles. The van der Waals surface area contributed by atoms with E-state index in [1.54, 1.807) is 0 Å². The highest BCUT2D eigenvalue weighted by atomic mass is 16.5. The Hall–Kier alpha value is -1.39. The van der Waals surface area contributed by atoms with Crippen molar-refractivity contribution in [2.24, 2.45) is 0 Å². The van der Waals surface area contributed by atoms with Crippen molar-refractivity contribution in [2.75, 3.05) is 26.8 Å². The van der Waals surface area contributed by atoms with Gasteiger partial charge >= 0.3 is 5.97 Å². The number of benzene rings is 1. The van der Waals surface area contributed by atoms with Gasteiger partial charge in [0.15, 0.2) is 0 Å². The van der Waals surface area contributed by atoms with Crippen LogP contribution in [0.15, 0.2) is 30.3 Å². The molecule has 0 bridgehead atoms. The third kappa shape index (κ3) is 6.94. The summed E-state index contributed by atoms with van der Waals surface area (Å²) in [5.41, 5.74) is 1.24. The summed E-state index contributed by atoms with van der Waals surface area (Å²) in [6.45, 7) is 2.53. The number of hydrogen-bond acceptors (Lipinski definition) is 4. The van der Waals surface area contributed by atoms with E-state index in [-0.39, 0.29) is 12.6 Å². The Kier molecular flexibility index (Phi) is 7.86. The lowest BCUT2D eigenvalue weighted by atomic mass is 10.2. The monoisotopic (exact) mass is 265 g/mol. The summed E-state index contributed by atoms with van der Waals surface area (Å²) >= 11 is 0. The highest BCUT2D eigenvalue weighted by molar-refractivity contribution is 5.68. The fourth-order valence-electron chi connectivity index (χ4n) is 1.96. The Labute approximate surface area is 115 Å². The van der Waals surface area contributed by atoms with Crippen LogP contribution in [0.3, 0.4) is 0 Å². The fraction of sp³-hybridized carbons (Fsp3) is 0.533. The Morgan fingerprint density at radius 3 is 2.58 bits per heavy atom. The Bertz CT molecular complexity index is 354. The smallest absolute Gasteiger partial charge is 0.305 e. The summed E-state index contributed by atoms with van der Waals surface area (Å²) in [7, 11) is 1.41. The molecule has 0 radical (unpaired) electrons. The van der Waals surface area contributed by atoms with Gasteiger partial charge < -0.3 is 9.84 Å². The van der Waals surface area contributed by atoms with Crippen molar-refractivity contribution in [2.45, 2.75) is 25.8 Å². The zero-order chi connectivity index (χ0) is 13.9. The molecule has 0 spiro atoms. The first-order valence-corrected chi connectivity index (χ1v) is 6.70. The predicted molar refractivity (Wildman–Crippen MR) is 74.7 cm³/mol. The fourth-order valence-corrected chi connectivity index (χ4v) is 1.96. The summed E-state index contributed by atoms with van der Waals surface area (Å²) < 4.78 is 4.61. The van der Waals surface area contributed by atoms with Gasteiger partial charge in [0.1, 0.15) is 0 Å². The van der Waals surface area contributed by atoms with Crippen molar-refractivity contribution in [1.82, 2.24) is 4.90 Å². The van der Waals surface area contributed by atoms with Gasteiger partial charge in [-0.05, 0) is 24.9 Å². The molecule has 0 aliphatic rings. The van der Waals surface area contributed by atoms with Gasteiger partial charge in [0.05, 0.1) is 13.7 Å². The molecule has 0 amide bonds. The normalized spacial score (nSPS) is 10.7. The second-order valence-corrected chi connectivity index (χ2v) is 4.52. The Morgan fingerprint density at radius 2 is 1.95 bits per heavy atom. The van der Waals surface area contributed by atoms with Gasteiger partial charge in [0, 0.05) is 19.5 Å². The zero-order valence-corrected chi connectivity index (χ0v) is 11.5. The number of methoxy groups -OCH3 is 1. The molecule has 1 aromatic rings. The maximum absolute atomic E-state index is 11.0. The largest absolute Gasteiger partial charge is 0.469 e. The number of carbonyl (C=O) groups excluding carboxylic acids is 1. The van der Waals surface area contributed by atoms with Crippen LogP contribution in [0.1, 0.15) is 24.8 Å². The molecular weight excluding hydrogens is 242 g/mol. The lowest BCUT2D eigenvalue weighted by molar-refractivity contribution is -0.140. The molecule has 1 rings (SSSR count). The lowest BCUT2D eigenvalue weighted by Gasteiger charge is -2.21. The van der Waals surface area contributed by atoms with E-state index >= 15 is 0 Å². The molecule has 0 aliphatic carbocycles. The Morgan fingerprint density at radius 1 is 1.21 bits per heavy atom. The number of nitrogens with zero attached hydrogens (tertiary/aromatic N) is 1. The van der Waals surface area contributed by atoms with Crippen LogP contribution in [0.25, 0.3) is 0 Å². The van der Waals surface area contributed by atoms with Crippen LogP contribution in [-0.2, 0) is 16.1 Å². The number of aliphatic hydroxyl groups excluding tert-OH is 1. The van der Waals surface area contributed by atoms with Crippen molar-refractivity contribution in [3.05, 3.63) is 35.9 Å². The molecule has 0 unspecified atom stereocenters. The van der Waals surface area contributed by atoms with E-state index in [0.717, 1.165) is 25.9 Å². The number of aliphatic hydroxyl groups is 1. The SMILES string of the molecule is COC(=O)CCCCN(CCO)Cc1ccccc1. The van der Waals surface area contributed by atoms with Crippen LogP contribution in [0.5, 0.6) is 0 Å². The number of hydrogen-bond donors (Lipinski definition) is 1. The van der Waals surface area contributed by atoms with Crippen LogP contribution >= 0.6 is 0 Å². The van der Waals surface area contributed by atoms with Crippen molar-refractivity contribution in [3.63, 3.8) is 0 Å². The molecule has 0 fully saturated rings. The molecule has 0 atom stereocenters. The minimum Gasteiger partial charge on any atom is -0.469 e. The average Bonchev–Trinajstić information content (AvgIpc) is 2.44. The highest BCUT2D eigenvalue weighted by Gasteiger charge is 2.06. The van der Waals surface area contributed by atoms with Crippen molar-refractivity contribution in [1.29, 1.82) is 0 Å². The Balaban J connectivity index is 2.30. The van der Waals surface area contributed by atoms with Gasteiger partial charge in [-0.25, -0.2) is 0 Å². The van der Waals surface area contributed by atoms with E-state index < -0.39 is 0 Å². The minimum absolute atomic E-state index is 0.156. The van der Waals surface area contributed by atoms with Crippen LogP contribution < -0.4 is 0 Å². The molecular formula is C15H23NO3. The topological polar surface area (TPSA) is 49.8 Å². The molecule has 0 aliphatic heterocycles.